The normalized spacial score (nSPS) is 16.1. The van der Waals surface area contributed by atoms with Crippen LogP contribution in [0.3, 0.4) is 0 Å². The molecular weight excluding hydrogens is 402 g/mol. The number of nitrogens with one attached hydrogen (secondary N) is 1. The van der Waals surface area contributed by atoms with E-state index in [1.807, 2.05) is 42.2 Å². The Morgan fingerprint density at radius 1 is 1.13 bits per heavy atom. The Bertz CT molecular complexity index is 1020. The number of aryl methyl sites for hydroxylation is 1. The Hall–Kier alpha value is -3.31. The number of thiol groups is 1. The molecule has 0 radical (unpaired) electrons. The van der Waals surface area contributed by atoms with E-state index in [-0.39, 0.29) is 10.6 Å². The minimum atomic E-state index is -0.636. The molecular formula is C22H23N3O4S. The molecule has 2 aromatic carbocycles. The molecule has 7 nitrogen and oxygen atoms in total. The van der Waals surface area contributed by atoms with E-state index in [2.05, 4.69) is 17.9 Å². The van der Waals surface area contributed by atoms with E-state index in [4.69, 9.17) is 14.2 Å². The first-order valence-electron chi connectivity index (χ1n) is 9.31. The first-order chi connectivity index (χ1) is 14.5. The Balaban J connectivity index is 2.26. The summed E-state index contributed by atoms with van der Waals surface area (Å²) in [6.45, 7) is 2.04. The van der Waals surface area contributed by atoms with Gasteiger partial charge in [-0.05, 0) is 30.2 Å². The van der Waals surface area contributed by atoms with E-state index in [1.54, 1.807) is 12.1 Å². The maximum Gasteiger partial charge on any atom is 0.266 e. The van der Waals surface area contributed by atoms with Crippen LogP contribution in [0.2, 0.25) is 0 Å². The van der Waals surface area contributed by atoms with Crippen LogP contribution in [0.25, 0.3) is 0 Å². The Kier molecular flexibility index (Phi) is 6.43. The fourth-order valence-electron chi connectivity index (χ4n) is 3.50. The molecule has 8 heteroatoms. The van der Waals surface area contributed by atoms with Crippen LogP contribution >= 0.6 is 12.6 Å². The quantitative estimate of drug-likeness (QED) is 0.689. The first-order valence-corrected chi connectivity index (χ1v) is 9.76. The molecule has 30 heavy (non-hydrogen) atoms. The minimum absolute atomic E-state index is 0.0482. The van der Waals surface area contributed by atoms with Crippen molar-refractivity contribution in [3.8, 4) is 23.3 Å². The van der Waals surface area contributed by atoms with Gasteiger partial charge >= 0.3 is 0 Å². The van der Waals surface area contributed by atoms with Crippen molar-refractivity contribution in [3.05, 3.63) is 58.1 Å². The molecule has 0 aliphatic carbocycles. The van der Waals surface area contributed by atoms with Gasteiger partial charge in [-0.25, -0.2) is 0 Å². The van der Waals surface area contributed by atoms with Crippen molar-refractivity contribution in [2.75, 3.05) is 26.2 Å². The molecule has 2 aromatic rings. The molecule has 0 saturated carbocycles. The average molecular weight is 426 g/mol. The maximum absolute atomic E-state index is 12.6. The molecule has 3 rings (SSSR count). The van der Waals surface area contributed by atoms with Crippen molar-refractivity contribution in [1.29, 1.82) is 5.26 Å². The van der Waals surface area contributed by atoms with Gasteiger partial charge in [-0.2, -0.15) is 5.26 Å². The molecule has 0 aromatic heterocycles. The van der Waals surface area contributed by atoms with Crippen molar-refractivity contribution < 1.29 is 19.0 Å². The van der Waals surface area contributed by atoms with Gasteiger partial charge < -0.3 is 24.4 Å². The first kappa shape index (κ1) is 21.4. The van der Waals surface area contributed by atoms with Crippen molar-refractivity contribution >= 4 is 24.2 Å². The van der Waals surface area contributed by atoms with Crippen LogP contribution < -0.4 is 24.4 Å². The molecule has 0 saturated heterocycles. The standard InChI is InChI=1S/C22H23N3O4S/c1-5-13-8-6-7-9-16(13)25-20(24-21(26)15(12-23)22(25)30)14-10-17(27-2)19(29-4)18(11-14)28-3/h6-11,20,30H,5H2,1-4H3,(H,24,26)/t20-/m0/s1. The lowest BCUT2D eigenvalue weighted by atomic mass is 10.0. The molecule has 1 heterocycles. The van der Waals surface area contributed by atoms with Crippen LogP contribution in [0.1, 0.15) is 24.2 Å². The van der Waals surface area contributed by atoms with Crippen LogP contribution in [-0.2, 0) is 11.2 Å². The number of methoxy groups -OCH3 is 3. The summed E-state index contributed by atoms with van der Waals surface area (Å²) < 4.78 is 16.4. The van der Waals surface area contributed by atoms with E-state index in [0.29, 0.717) is 22.8 Å². The maximum atomic E-state index is 12.6. The summed E-state index contributed by atoms with van der Waals surface area (Å²) in [7, 11) is 4.59. The Morgan fingerprint density at radius 2 is 1.77 bits per heavy atom. The number of hydrogen-bond donors (Lipinski definition) is 2. The van der Waals surface area contributed by atoms with Crippen LogP contribution in [0.15, 0.2) is 47.0 Å². The van der Waals surface area contributed by atoms with Crippen LogP contribution in [0.5, 0.6) is 17.2 Å². The molecule has 156 valence electrons. The summed E-state index contributed by atoms with van der Waals surface area (Å²) in [5.74, 6) is 0.874. The smallest absolute Gasteiger partial charge is 0.266 e. The number of para-hydroxylation sites is 1. The third-order valence-corrected chi connectivity index (χ3v) is 5.39. The Morgan fingerprint density at radius 3 is 2.30 bits per heavy atom. The number of rotatable bonds is 6. The van der Waals surface area contributed by atoms with Crippen LogP contribution in [0.4, 0.5) is 5.69 Å². The lowest BCUT2D eigenvalue weighted by Crippen LogP contribution is -2.46. The second kappa shape index (κ2) is 9.01. The topological polar surface area (TPSA) is 83.8 Å². The van der Waals surface area contributed by atoms with E-state index < -0.39 is 12.1 Å². The number of nitriles is 1. The van der Waals surface area contributed by atoms with Crippen LogP contribution in [-0.4, -0.2) is 27.2 Å². The van der Waals surface area contributed by atoms with Crippen molar-refractivity contribution in [2.24, 2.45) is 0 Å². The van der Waals surface area contributed by atoms with Gasteiger partial charge in [0, 0.05) is 11.3 Å². The molecule has 1 amide bonds. The van der Waals surface area contributed by atoms with Gasteiger partial charge in [0.25, 0.3) is 5.91 Å². The second-order valence-electron chi connectivity index (χ2n) is 6.50. The fourth-order valence-corrected chi connectivity index (χ4v) is 3.87. The van der Waals surface area contributed by atoms with E-state index in [1.165, 1.54) is 21.3 Å². The number of carbonyl (C=O) groups is 1. The summed E-state index contributed by atoms with van der Waals surface area (Å²) in [6.07, 6.45) is 0.134. The largest absolute Gasteiger partial charge is 0.493 e. The minimum Gasteiger partial charge on any atom is -0.493 e. The summed E-state index contributed by atoms with van der Waals surface area (Å²) in [4.78, 5) is 14.5. The number of ether oxygens (including phenoxy) is 3. The zero-order valence-electron chi connectivity index (χ0n) is 17.2. The monoisotopic (exact) mass is 425 g/mol. The van der Waals surface area contributed by atoms with Gasteiger partial charge in [0.15, 0.2) is 11.5 Å². The number of benzene rings is 2. The zero-order chi connectivity index (χ0) is 21.8. The fraction of sp³-hybridized carbons (Fsp3) is 0.273. The number of nitrogens with zero attached hydrogens (tertiary/aromatic N) is 2. The lowest BCUT2D eigenvalue weighted by Gasteiger charge is -2.39. The number of hydrogen-bond acceptors (Lipinski definition) is 7. The predicted molar refractivity (Wildman–Crippen MR) is 117 cm³/mol. The summed E-state index contributed by atoms with van der Waals surface area (Å²) in [5.41, 5.74) is 2.53. The highest BCUT2D eigenvalue weighted by atomic mass is 32.1. The van der Waals surface area contributed by atoms with Gasteiger partial charge in [0.1, 0.15) is 17.8 Å². The van der Waals surface area contributed by atoms with Gasteiger partial charge in [0.05, 0.1) is 26.4 Å². The summed E-state index contributed by atoms with van der Waals surface area (Å²) in [5, 5.41) is 12.7. The third kappa shape index (κ3) is 3.64. The number of amides is 1. The van der Waals surface area contributed by atoms with Crippen molar-refractivity contribution in [2.45, 2.75) is 19.5 Å². The molecule has 0 spiro atoms. The summed E-state index contributed by atoms with van der Waals surface area (Å²) >= 11 is 4.57. The van der Waals surface area contributed by atoms with E-state index in [0.717, 1.165) is 17.7 Å². The molecule has 0 fully saturated rings. The molecule has 1 aliphatic heterocycles. The highest BCUT2D eigenvalue weighted by molar-refractivity contribution is 7.84. The molecule has 0 unspecified atom stereocenters. The predicted octanol–water partition coefficient (Wildman–Crippen LogP) is 3.57. The second-order valence-corrected chi connectivity index (χ2v) is 6.92. The van der Waals surface area contributed by atoms with Gasteiger partial charge in [-0.1, -0.05) is 25.1 Å². The molecule has 0 bridgehead atoms. The molecule has 1 aliphatic rings. The highest BCUT2D eigenvalue weighted by Crippen LogP contribution is 2.43. The SMILES string of the molecule is CCc1ccccc1N1C(S)=C(C#N)C(=O)N[C@@H]1c1cc(OC)c(OC)c(OC)c1. The number of carbonyl (C=O) groups excluding carboxylic acids is 1. The van der Waals surface area contributed by atoms with E-state index >= 15 is 0 Å². The highest BCUT2D eigenvalue weighted by Gasteiger charge is 2.35. The third-order valence-electron chi connectivity index (χ3n) is 4.95. The molecule has 1 N–H and O–H groups in total. The average Bonchev–Trinajstić information content (AvgIpc) is 2.77. The van der Waals surface area contributed by atoms with Crippen molar-refractivity contribution in [1.82, 2.24) is 5.32 Å². The van der Waals surface area contributed by atoms with Crippen LogP contribution in [0, 0.1) is 11.3 Å². The Labute approximate surface area is 181 Å². The van der Waals surface area contributed by atoms with Gasteiger partial charge in [0.2, 0.25) is 5.75 Å². The van der Waals surface area contributed by atoms with Crippen molar-refractivity contribution in [3.63, 3.8) is 0 Å². The lowest BCUT2D eigenvalue weighted by molar-refractivity contribution is -0.118. The van der Waals surface area contributed by atoms with E-state index in [9.17, 15) is 10.1 Å². The molecule has 1 atom stereocenters. The van der Waals surface area contributed by atoms with Gasteiger partial charge in [-0.3, -0.25) is 4.79 Å². The van der Waals surface area contributed by atoms with Gasteiger partial charge in [-0.15, -0.1) is 12.6 Å². The summed E-state index contributed by atoms with van der Waals surface area (Å²) in [6, 6.07) is 13.3. The number of anilines is 1. The zero-order valence-corrected chi connectivity index (χ0v) is 18.1.